The molecule has 11 heteroatoms. The van der Waals surface area contributed by atoms with Gasteiger partial charge in [0.25, 0.3) is 0 Å². The van der Waals surface area contributed by atoms with Crippen molar-refractivity contribution in [3.63, 3.8) is 0 Å². The Morgan fingerprint density at radius 1 is 0.607 bits per heavy atom. The Bertz CT molecular complexity index is 1210. The predicted octanol–water partition coefficient (Wildman–Crippen LogP) is 11.0. The van der Waals surface area contributed by atoms with Crippen LogP contribution in [0.25, 0.3) is 0 Å². The van der Waals surface area contributed by atoms with E-state index in [0.29, 0.717) is 19.3 Å². The van der Waals surface area contributed by atoms with Crippen LogP contribution in [0.3, 0.4) is 0 Å². The van der Waals surface area contributed by atoms with E-state index in [1.165, 1.54) is 38.5 Å². The number of nitrogens with two attached hydrogens (primary N) is 1. The molecule has 320 valence electrons. The molecule has 0 aliphatic carbocycles. The summed E-state index contributed by atoms with van der Waals surface area (Å²) < 4.78 is 32.6. The zero-order valence-corrected chi connectivity index (χ0v) is 35.6. The summed E-state index contributed by atoms with van der Waals surface area (Å²) in [6.07, 6.45) is 47.6. The van der Waals surface area contributed by atoms with Gasteiger partial charge < -0.3 is 25.2 Å². The van der Waals surface area contributed by atoms with Gasteiger partial charge in [-0.25, -0.2) is 4.57 Å². The average Bonchev–Trinajstić information content (AvgIpc) is 3.17. The number of hydrogen-bond acceptors (Lipinski definition) is 9. The van der Waals surface area contributed by atoms with Crippen LogP contribution in [-0.4, -0.2) is 60.5 Å². The number of rotatable bonds is 38. The van der Waals surface area contributed by atoms with Gasteiger partial charge in [0, 0.05) is 19.4 Å². The smallest absolute Gasteiger partial charge is 0.462 e. The summed E-state index contributed by atoms with van der Waals surface area (Å²) in [5.74, 6) is -0.981. The second kappa shape index (κ2) is 40.4. The summed E-state index contributed by atoms with van der Waals surface area (Å²) >= 11 is 0. The van der Waals surface area contributed by atoms with Crippen LogP contribution >= 0.6 is 7.82 Å². The number of aliphatic hydroxyl groups is 1. The molecule has 0 aromatic carbocycles. The van der Waals surface area contributed by atoms with Crippen LogP contribution in [0.2, 0.25) is 0 Å². The number of carbonyl (C=O) groups is 2. The number of ether oxygens (including phenoxy) is 2. The Hall–Kier alpha value is -2.85. The molecule has 0 saturated carbocycles. The first-order valence-corrected chi connectivity index (χ1v) is 22.6. The average molecular weight is 806 g/mol. The number of carbonyl (C=O) groups excluding carboxylic acids is 2. The first-order chi connectivity index (χ1) is 27.2. The third-order valence-electron chi connectivity index (χ3n) is 8.27. The normalized spacial score (nSPS) is 14.7. The fraction of sp³-hybridized carbons (Fsp3) is 0.644. The zero-order valence-electron chi connectivity index (χ0n) is 34.7. The van der Waals surface area contributed by atoms with Crippen molar-refractivity contribution < 1.29 is 42.7 Å². The molecule has 0 spiro atoms. The second-order valence-corrected chi connectivity index (χ2v) is 15.2. The summed E-state index contributed by atoms with van der Waals surface area (Å²) in [5, 5.41) is 9.26. The number of aliphatic hydroxyl groups excluding tert-OH is 1. The second-order valence-electron chi connectivity index (χ2n) is 13.8. The first kappa shape index (κ1) is 53.1. The number of phosphoric acid groups is 1. The van der Waals surface area contributed by atoms with Crippen molar-refractivity contribution in [2.75, 3.05) is 26.4 Å². The van der Waals surface area contributed by atoms with Gasteiger partial charge in [-0.2, -0.15) is 0 Å². The Morgan fingerprint density at radius 2 is 1.05 bits per heavy atom. The fourth-order valence-corrected chi connectivity index (χ4v) is 5.90. The van der Waals surface area contributed by atoms with Crippen molar-refractivity contribution in [3.8, 4) is 0 Å². The highest BCUT2D eigenvalue weighted by molar-refractivity contribution is 7.47. The van der Waals surface area contributed by atoms with Gasteiger partial charge in [0.2, 0.25) is 0 Å². The van der Waals surface area contributed by atoms with Gasteiger partial charge in [-0.15, -0.1) is 0 Å². The lowest BCUT2D eigenvalue weighted by Gasteiger charge is -2.19. The molecule has 0 rings (SSSR count). The maximum Gasteiger partial charge on any atom is 0.472 e. The van der Waals surface area contributed by atoms with Crippen LogP contribution in [0.5, 0.6) is 0 Å². The van der Waals surface area contributed by atoms with E-state index in [0.717, 1.165) is 64.2 Å². The predicted molar refractivity (Wildman–Crippen MR) is 230 cm³/mol. The molecule has 0 bridgehead atoms. The molecule has 3 atom stereocenters. The van der Waals surface area contributed by atoms with Crippen molar-refractivity contribution in [3.05, 3.63) is 85.1 Å². The van der Waals surface area contributed by atoms with E-state index >= 15 is 0 Å². The van der Waals surface area contributed by atoms with E-state index < -0.39 is 32.5 Å². The number of phosphoric ester groups is 1. The molecular weight excluding hydrogens is 729 g/mol. The lowest BCUT2D eigenvalue weighted by Crippen LogP contribution is -2.29. The van der Waals surface area contributed by atoms with Crippen LogP contribution < -0.4 is 5.73 Å². The van der Waals surface area contributed by atoms with Crippen LogP contribution in [0.15, 0.2) is 85.1 Å². The highest BCUT2D eigenvalue weighted by Gasteiger charge is 2.25. The quantitative estimate of drug-likeness (QED) is 0.0238. The minimum absolute atomic E-state index is 0.0285. The van der Waals surface area contributed by atoms with Gasteiger partial charge in [-0.1, -0.05) is 124 Å². The summed E-state index contributed by atoms with van der Waals surface area (Å²) in [4.78, 5) is 34.8. The molecule has 0 amide bonds. The lowest BCUT2D eigenvalue weighted by atomic mass is 10.1. The minimum Gasteiger partial charge on any atom is -0.462 e. The first-order valence-electron chi connectivity index (χ1n) is 21.1. The largest absolute Gasteiger partial charge is 0.472 e. The molecule has 0 fully saturated rings. The maximum absolute atomic E-state index is 12.5. The summed E-state index contributed by atoms with van der Waals surface area (Å²) in [7, 11) is -4.41. The van der Waals surface area contributed by atoms with Crippen LogP contribution in [0.1, 0.15) is 149 Å². The fourth-order valence-electron chi connectivity index (χ4n) is 5.13. The van der Waals surface area contributed by atoms with Crippen molar-refractivity contribution in [1.82, 2.24) is 0 Å². The summed E-state index contributed by atoms with van der Waals surface area (Å²) in [6.45, 7) is 3.12. The molecular formula is C45H76NO9P. The highest BCUT2D eigenvalue weighted by atomic mass is 31.2. The van der Waals surface area contributed by atoms with E-state index in [2.05, 4.69) is 73.8 Å². The lowest BCUT2D eigenvalue weighted by molar-refractivity contribution is -0.161. The molecule has 1 unspecified atom stereocenters. The third kappa shape index (κ3) is 40.8. The topological polar surface area (TPSA) is 155 Å². The molecule has 0 aromatic rings. The van der Waals surface area contributed by atoms with Crippen molar-refractivity contribution in [1.29, 1.82) is 0 Å². The SMILES string of the molecule is CCCCCCCC/C=C\C/C=C\C/C=C\CCCC(=O)OC[C@H](COP(=O)(O)OCCN)OC(=O)CCC/C=C\C/C=C\C/C=C\C/C=C\CCC[C@H](C)O. The van der Waals surface area contributed by atoms with Crippen LogP contribution in [-0.2, 0) is 32.7 Å². The van der Waals surface area contributed by atoms with E-state index in [4.69, 9.17) is 24.3 Å². The number of hydrogen-bond donors (Lipinski definition) is 3. The van der Waals surface area contributed by atoms with Crippen molar-refractivity contribution >= 4 is 19.8 Å². The van der Waals surface area contributed by atoms with Crippen molar-refractivity contribution in [2.45, 2.75) is 161 Å². The molecule has 0 aliphatic heterocycles. The van der Waals surface area contributed by atoms with Gasteiger partial charge in [0.1, 0.15) is 6.61 Å². The van der Waals surface area contributed by atoms with Crippen LogP contribution in [0, 0.1) is 0 Å². The van der Waals surface area contributed by atoms with Gasteiger partial charge in [-0.3, -0.25) is 18.6 Å². The van der Waals surface area contributed by atoms with Gasteiger partial charge in [0.05, 0.1) is 19.3 Å². The molecule has 4 N–H and O–H groups in total. The Labute approximate surface area is 339 Å². The Morgan fingerprint density at radius 3 is 1.55 bits per heavy atom. The highest BCUT2D eigenvalue weighted by Crippen LogP contribution is 2.43. The van der Waals surface area contributed by atoms with Gasteiger partial charge in [0.15, 0.2) is 6.10 Å². The van der Waals surface area contributed by atoms with Crippen molar-refractivity contribution in [2.24, 2.45) is 5.73 Å². The van der Waals surface area contributed by atoms with Crippen LogP contribution in [0.4, 0.5) is 0 Å². The summed E-state index contributed by atoms with van der Waals surface area (Å²) in [6, 6.07) is 0. The maximum atomic E-state index is 12.5. The molecule has 0 aromatic heterocycles. The standard InChI is InChI=1S/C45H76NO9P/c1-3-4-5-6-7-8-9-10-11-12-15-18-21-24-27-30-33-36-44(48)52-40-43(41-54-56(50,51)53-39-38-46)55-45(49)37-34-31-28-25-22-19-16-13-14-17-20-23-26-29-32-35-42(2)47/h10-11,14-19,23-28,42-43,47H,3-9,12-13,20-22,29-41,46H2,1-2H3,(H,50,51)/b11-10-,17-14-,18-15-,19-16-,26-23-,27-24-,28-25-/t42-,43+/m0/s1. The zero-order chi connectivity index (χ0) is 41.2. The van der Waals surface area contributed by atoms with E-state index in [1.807, 2.05) is 25.2 Å². The Balaban J connectivity index is 4.37. The molecule has 0 heterocycles. The summed E-state index contributed by atoms with van der Waals surface area (Å²) in [5.41, 5.74) is 5.33. The third-order valence-corrected chi connectivity index (χ3v) is 9.26. The monoisotopic (exact) mass is 806 g/mol. The Kier molecular flexibility index (Phi) is 38.3. The molecule has 0 aliphatic rings. The number of allylic oxidation sites excluding steroid dienone is 14. The molecule has 56 heavy (non-hydrogen) atoms. The van der Waals surface area contributed by atoms with Gasteiger partial charge >= 0.3 is 19.8 Å². The van der Waals surface area contributed by atoms with E-state index in [9.17, 15) is 24.2 Å². The minimum atomic E-state index is -4.41. The van der Waals surface area contributed by atoms with E-state index in [1.54, 1.807) is 0 Å². The molecule has 0 saturated heterocycles. The number of esters is 2. The van der Waals surface area contributed by atoms with E-state index in [-0.39, 0.29) is 38.7 Å². The number of unbranched alkanes of at least 4 members (excludes halogenated alkanes) is 9. The van der Waals surface area contributed by atoms with Gasteiger partial charge in [-0.05, 0) is 96.8 Å². The molecule has 0 radical (unpaired) electrons. The molecule has 10 nitrogen and oxygen atoms in total.